The van der Waals surface area contributed by atoms with Crippen molar-refractivity contribution in [2.45, 2.75) is 56.6 Å². The summed E-state index contributed by atoms with van der Waals surface area (Å²) in [5, 5.41) is 3.79. The third kappa shape index (κ3) is 9.13. The molecule has 0 spiro atoms. The maximum atomic E-state index is 13.7. The van der Waals surface area contributed by atoms with E-state index in [0.29, 0.717) is 35.9 Å². The largest absolute Gasteiger partial charge is 0.497 e. The van der Waals surface area contributed by atoms with E-state index in [2.05, 4.69) is 5.32 Å². The Labute approximate surface area is 229 Å². The van der Waals surface area contributed by atoms with E-state index >= 15 is 0 Å². The predicted molar refractivity (Wildman–Crippen MR) is 152 cm³/mol. The number of rotatable bonds is 13. The first-order chi connectivity index (χ1) is 17.9. The number of benzene rings is 3. The van der Waals surface area contributed by atoms with Crippen LogP contribution in [-0.4, -0.2) is 41.7 Å². The van der Waals surface area contributed by atoms with Gasteiger partial charge in [-0.15, -0.1) is 11.8 Å². The maximum Gasteiger partial charge on any atom is 0.243 e. The average Bonchev–Trinajstić information content (AvgIpc) is 2.92. The molecule has 5 nitrogen and oxygen atoms in total. The fourth-order valence-corrected chi connectivity index (χ4v) is 4.86. The zero-order valence-corrected chi connectivity index (χ0v) is 23.2. The van der Waals surface area contributed by atoms with Crippen LogP contribution in [0.3, 0.4) is 0 Å². The van der Waals surface area contributed by atoms with Crippen molar-refractivity contribution < 1.29 is 14.3 Å². The van der Waals surface area contributed by atoms with Crippen LogP contribution in [0.5, 0.6) is 5.75 Å². The van der Waals surface area contributed by atoms with E-state index in [-0.39, 0.29) is 17.9 Å². The first kappa shape index (κ1) is 28.6. The van der Waals surface area contributed by atoms with Gasteiger partial charge in [-0.2, -0.15) is 0 Å². The molecule has 3 aromatic carbocycles. The lowest BCUT2D eigenvalue weighted by Crippen LogP contribution is -2.52. The number of methoxy groups -OCH3 is 1. The Kier molecular flexibility index (Phi) is 11.4. The van der Waals surface area contributed by atoms with Crippen molar-refractivity contribution in [1.29, 1.82) is 0 Å². The molecule has 1 N–H and O–H groups in total. The molecule has 3 aromatic rings. The number of carbonyl (C=O) groups excluding carboxylic acids is 2. The molecule has 0 saturated carbocycles. The Morgan fingerprint density at radius 3 is 2.38 bits per heavy atom. The van der Waals surface area contributed by atoms with Crippen LogP contribution in [0.15, 0.2) is 83.8 Å². The van der Waals surface area contributed by atoms with Gasteiger partial charge in [-0.25, -0.2) is 0 Å². The van der Waals surface area contributed by atoms with E-state index < -0.39 is 6.04 Å². The first-order valence-electron chi connectivity index (χ1n) is 12.5. The van der Waals surface area contributed by atoms with Gasteiger partial charge in [0, 0.05) is 41.1 Å². The average molecular weight is 539 g/mol. The van der Waals surface area contributed by atoms with E-state index in [1.54, 1.807) is 23.8 Å². The lowest BCUT2D eigenvalue weighted by atomic mass is 10.0. The number of ether oxygens (including phenoxy) is 1. The highest BCUT2D eigenvalue weighted by Crippen LogP contribution is 2.23. The molecule has 2 amide bonds. The summed E-state index contributed by atoms with van der Waals surface area (Å²) in [6.45, 7) is 4.33. The molecular formula is C30H35ClN2O3S. The predicted octanol–water partition coefficient (Wildman–Crippen LogP) is 6.39. The van der Waals surface area contributed by atoms with Crippen LogP contribution in [0.1, 0.15) is 37.8 Å². The quantitative estimate of drug-likeness (QED) is 0.256. The minimum atomic E-state index is -0.643. The van der Waals surface area contributed by atoms with Crippen LogP contribution in [0.2, 0.25) is 5.02 Å². The minimum Gasteiger partial charge on any atom is -0.497 e. The normalized spacial score (nSPS) is 12.4. The van der Waals surface area contributed by atoms with Crippen molar-refractivity contribution in [3.05, 3.63) is 95.0 Å². The number of hydrogen-bond donors (Lipinski definition) is 1. The highest BCUT2D eigenvalue weighted by molar-refractivity contribution is 7.99. The summed E-state index contributed by atoms with van der Waals surface area (Å²) < 4.78 is 5.39. The summed E-state index contributed by atoms with van der Waals surface area (Å²) in [4.78, 5) is 30.0. The highest BCUT2D eigenvalue weighted by atomic mass is 35.5. The summed E-state index contributed by atoms with van der Waals surface area (Å²) in [7, 11) is 1.62. The van der Waals surface area contributed by atoms with Crippen LogP contribution in [-0.2, 0) is 22.6 Å². The number of thioether (sulfide) groups is 1. The molecule has 0 aliphatic carbocycles. The van der Waals surface area contributed by atoms with E-state index in [1.165, 1.54) is 0 Å². The molecule has 37 heavy (non-hydrogen) atoms. The number of halogens is 1. The van der Waals surface area contributed by atoms with Crippen LogP contribution < -0.4 is 10.1 Å². The Morgan fingerprint density at radius 1 is 1.00 bits per heavy atom. The van der Waals surface area contributed by atoms with Crippen molar-refractivity contribution in [2.75, 3.05) is 12.9 Å². The summed E-state index contributed by atoms with van der Waals surface area (Å²) in [6, 6.07) is 24.4. The Morgan fingerprint density at radius 2 is 1.70 bits per heavy atom. The second-order valence-corrected chi connectivity index (χ2v) is 10.6. The topological polar surface area (TPSA) is 58.6 Å². The number of carbonyl (C=O) groups is 2. The SMILES string of the molecule is CC[C@H](C)NC(=O)[C@@H](Cc1ccccc1)N(Cc1cccc(OC)c1)C(=O)CCSc1ccc(Cl)cc1. The second-order valence-electron chi connectivity index (χ2n) is 8.95. The zero-order chi connectivity index (χ0) is 26.6. The molecular weight excluding hydrogens is 504 g/mol. The Hall–Kier alpha value is -2.96. The number of amides is 2. The maximum absolute atomic E-state index is 13.7. The van der Waals surface area contributed by atoms with E-state index in [4.69, 9.17) is 16.3 Å². The summed E-state index contributed by atoms with van der Waals surface area (Å²) in [5.74, 6) is 1.11. The third-order valence-electron chi connectivity index (χ3n) is 6.16. The summed E-state index contributed by atoms with van der Waals surface area (Å²) in [6.07, 6.45) is 1.55. The smallest absolute Gasteiger partial charge is 0.243 e. The molecule has 0 aliphatic heterocycles. The van der Waals surface area contributed by atoms with Crippen LogP contribution in [0.25, 0.3) is 0 Å². The van der Waals surface area contributed by atoms with Gasteiger partial charge in [0.15, 0.2) is 0 Å². The van der Waals surface area contributed by atoms with Crippen LogP contribution in [0, 0.1) is 0 Å². The Bertz CT molecular complexity index is 1140. The second kappa shape index (κ2) is 14.7. The minimum absolute atomic E-state index is 0.0139. The first-order valence-corrected chi connectivity index (χ1v) is 13.9. The molecule has 3 rings (SSSR count). The standard InChI is InChI=1S/C30H35ClN2O3S/c1-4-22(2)32-30(35)28(20-23-9-6-5-7-10-23)33(21-24-11-8-12-26(19-24)36-3)29(34)17-18-37-27-15-13-25(31)14-16-27/h5-16,19,22,28H,4,17-18,20-21H2,1-3H3,(H,32,35)/t22-,28+/m0/s1. The molecule has 0 aliphatic rings. The van der Waals surface area contributed by atoms with E-state index in [1.807, 2.05) is 92.7 Å². The monoisotopic (exact) mass is 538 g/mol. The van der Waals surface area contributed by atoms with Crippen LogP contribution >= 0.6 is 23.4 Å². The van der Waals surface area contributed by atoms with Gasteiger partial charge >= 0.3 is 0 Å². The van der Waals surface area contributed by atoms with Gasteiger partial charge in [-0.05, 0) is 60.9 Å². The zero-order valence-electron chi connectivity index (χ0n) is 21.7. The fourth-order valence-electron chi connectivity index (χ4n) is 3.89. The molecule has 196 valence electrons. The van der Waals surface area contributed by atoms with Gasteiger partial charge in [0.2, 0.25) is 11.8 Å². The van der Waals surface area contributed by atoms with Gasteiger partial charge in [0.25, 0.3) is 0 Å². The molecule has 7 heteroatoms. The van der Waals surface area contributed by atoms with Gasteiger partial charge in [0.05, 0.1) is 7.11 Å². The highest BCUT2D eigenvalue weighted by Gasteiger charge is 2.30. The number of nitrogens with one attached hydrogen (secondary N) is 1. The van der Waals surface area contributed by atoms with Crippen molar-refractivity contribution in [1.82, 2.24) is 10.2 Å². The number of hydrogen-bond acceptors (Lipinski definition) is 4. The molecule has 0 unspecified atom stereocenters. The lowest BCUT2D eigenvalue weighted by molar-refractivity contribution is -0.141. The fraction of sp³-hybridized carbons (Fsp3) is 0.333. The molecule has 0 radical (unpaired) electrons. The van der Waals surface area contributed by atoms with Crippen molar-refractivity contribution >= 4 is 35.2 Å². The summed E-state index contributed by atoms with van der Waals surface area (Å²) >= 11 is 7.60. The van der Waals surface area contributed by atoms with Crippen molar-refractivity contribution in [3.8, 4) is 5.75 Å². The van der Waals surface area contributed by atoms with Gasteiger partial charge in [-0.3, -0.25) is 9.59 Å². The molecule has 0 saturated heterocycles. The van der Waals surface area contributed by atoms with Gasteiger partial charge in [0.1, 0.15) is 11.8 Å². The van der Waals surface area contributed by atoms with Gasteiger partial charge < -0.3 is 15.0 Å². The molecule has 0 heterocycles. The van der Waals surface area contributed by atoms with Crippen LogP contribution in [0.4, 0.5) is 0 Å². The summed E-state index contributed by atoms with van der Waals surface area (Å²) in [5.41, 5.74) is 1.92. The Balaban J connectivity index is 1.86. The van der Waals surface area contributed by atoms with Crippen molar-refractivity contribution in [3.63, 3.8) is 0 Å². The van der Waals surface area contributed by atoms with E-state index in [9.17, 15) is 9.59 Å². The number of nitrogens with zero attached hydrogens (tertiary/aromatic N) is 1. The molecule has 0 fully saturated rings. The third-order valence-corrected chi connectivity index (χ3v) is 7.42. The lowest BCUT2D eigenvalue weighted by Gasteiger charge is -2.32. The van der Waals surface area contributed by atoms with Gasteiger partial charge in [-0.1, -0.05) is 61.0 Å². The van der Waals surface area contributed by atoms with Crippen molar-refractivity contribution in [2.24, 2.45) is 0 Å². The molecule has 0 aromatic heterocycles. The molecule has 0 bridgehead atoms. The van der Waals surface area contributed by atoms with E-state index in [0.717, 1.165) is 22.4 Å². The molecule has 2 atom stereocenters.